The van der Waals surface area contributed by atoms with Crippen LogP contribution in [-0.2, 0) is 27.1 Å². The molecular formula is C39H38BrCl2N5O4. The number of fused-ring (bicyclic) bond motifs is 4. The molecule has 0 fully saturated rings. The number of hydrogen-bond donors (Lipinski definition) is 1. The third kappa shape index (κ3) is 5.72. The Labute approximate surface area is 314 Å². The van der Waals surface area contributed by atoms with E-state index in [9.17, 15) is 9.90 Å². The third-order valence-electron chi connectivity index (χ3n) is 10.1. The SMILES string of the molecule is Cc1cc(OCCCc2c3n(c4c(-c5c(C)nn(C)c5C)c(Cl)ccc24)CCCN(c2c(Br)c4c(C(=O)O)cccc4n2C)C3=O)cc(C)c1Cl. The normalized spacial score (nSPS) is 13.4. The van der Waals surface area contributed by atoms with Crippen molar-refractivity contribution < 1.29 is 19.4 Å². The molecule has 4 heterocycles. The van der Waals surface area contributed by atoms with E-state index in [1.54, 1.807) is 17.0 Å². The van der Waals surface area contributed by atoms with Gasteiger partial charge < -0.3 is 19.0 Å². The molecule has 264 valence electrons. The van der Waals surface area contributed by atoms with Crippen LogP contribution in [0.1, 0.15) is 61.8 Å². The molecule has 12 heteroatoms. The van der Waals surface area contributed by atoms with Gasteiger partial charge in [0.05, 0.1) is 38.4 Å². The molecule has 0 aliphatic carbocycles. The Balaban J connectivity index is 1.39. The summed E-state index contributed by atoms with van der Waals surface area (Å²) in [7, 11) is 3.79. The first kappa shape index (κ1) is 35.2. The second-order valence-electron chi connectivity index (χ2n) is 13.3. The van der Waals surface area contributed by atoms with Gasteiger partial charge in [-0.25, -0.2) is 4.79 Å². The van der Waals surface area contributed by atoms with E-state index in [1.807, 2.05) is 81.4 Å². The second kappa shape index (κ2) is 13.4. The maximum atomic E-state index is 15.1. The van der Waals surface area contributed by atoms with Crippen molar-refractivity contribution in [1.82, 2.24) is 18.9 Å². The number of hydrogen-bond acceptors (Lipinski definition) is 4. The van der Waals surface area contributed by atoms with Crippen LogP contribution >= 0.6 is 39.1 Å². The number of carboxylic acid groups (broad SMARTS) is 1. The number of nitrogens with zero attached hydrogens (tertiary/aromatic N) is 5. The predicted molar refractivity (Wildman–Crippen MR) is 207 cm³/mol. The van der Waals surface area contributed by atoms with Gasteiger partial charge in [-0.1, -0.05) is 35.3 Å². The summed E-state index contributed by atoms with van der Waals surface area (Å²) in [6.45, 7) is 9.41. The van der Waals surface area contributed by atoms with Crippen LogP contribution in [0.25, 0.3) is 32.9 Å². The monoisotopic (exact) mass is 789 g/mol. The van der Waals surface area contributed by atoms with E-state index < -0.39 is 5.97 Å². The molecule has 0 spiro atoms. The van der Waals surface area contributed by atoms with Crippen LogP contribution in [0.5, 0.6) is 5.75 Å². The van der Waals surface area contributed by atoms with E-state index in [-0.39, 0.29) is 11.5 Å². The minimum Gasteiger partial charge on any atom is -0.494 e. The minimum atomic E-state index is -1.03. The first-order valence-electron chi connectivity index (χ1n) is 16.9. The first-order valence-corrected chi connectivity index (χ1v) is 18.4. The van der Waals surface area contributed by atoms with Crippen LogP contribution in [-0.4, -0.2) is 49.0 Å². The van der Waals surface area contributed by atoms with Gasteiger partial charge in [0.1, 0.15) is 17.3 Å². The van der Waals surface area contributed by atoms with Crippen molar-refractivity contribution in [1.29, 1.82) is 0 Å². The van der Waals surface area contributed by atoms with Crippen LogP contribution < -0.4 is 9.64 Å². The molecule has 0 radical (unpaired) electrons. The molecule has 7 rings (SSSR count). The summed E-state index contributed by atoms with van der Waals surface area (Å²) in [4.78, 5) is 29.1. The number of aryl methyl sites for hydroxylation is 7. The highest BCUT2D eigenvalue weighted by atomic mass is 79.9. The molecular weight excluding hydrogens is 753 g/mol. The number of aromatic nitrogens is 4. The Morgan fingerprint density at radius 1 is 1.02 bits per heavy atom. The smallest absolute Gasteiger partial charge is 0.336 e. The zero-order valence-corrected chi connectivity index (χ0v) is 32.4. The van der Waals surface area contributed by atoms with Crippen LogP contribution in [0.3, 0.4) is 0 Å². The van der Waals surface area contributed by atoms with Gasteiger partial charge in [0, 0.05) is 59.8 Å². The number of anilines is 1. The molecule has 6 aromatic rings. The Morgan fingerprint density at radius 2 is 1.75 bits per heavy atom. The van der Waals surface area contributed by atoms with Crippen molar-refractivity contribution in [3.05, 3.63) is 96.3 Å². The second-order valence-corrected chi connectivity index (χ2v) is 14.9. The van der Waals surface area contributed by atoms with Crippen LogP contribution in [0.2, 0.25) is 10.0 Å². The van der Waals surface area contributed by atoms with Gasteiger partial charge in [-0.3, -0.25) is 14.4 Å². The molecule has 51 heavy (non-hydrogen) atoms. The number of ether oxygens (including phenoxy) is 1. The van der Waals surface area contributed by atoms with Gasteiger partial charge in [-0.15, -0.1) is 0 Å². The lowest BCUT2D eigenvalue weighted by Gasteiger charge is -2.22. The molecule has 1 aliphatic heterocycles. The Bertz CT molecular complexity index is 2400. The highest BCUT2D eigenvalue weighted by molar-refractivity contribution is 9.10. The molecule has 0 saturated heterocycles. The van der Waals surface area contributed by atoms with Crippen molar-refractivity contribution in [2.24, 2.45) is 14.1 Å². The summed E-state index contributed by atoms with van der Waals surface area (Å²) in [6, 6.07) is 13.0. The topological polar surface area (TPSA) is 94.5 Å². The van der Waals surface area contributed by atoms with Crippen molar-refractivity contribution in [2.45, 2.75) is 53.5 Å². The van der Waals surface area contributed by atoms with Gasteiger partial charge in [-0.05, 0) is 110 Å². The van der Waals surface area contributed by atoms with Gasteiger partial charge in [0.25, 0.3) is 5.91 Å². The zero-order chi connectivity index (χ0) is 36.5. The fraction of sp³-hybridized carbons (Fsp3) is 0.308. The lowest BCUT2D eigenvalue weighted by Crippen LogP contribution is -2.33. The number of rotatable bonds is 8. The highest BCUT2D eigenvalue weighted by Crippen LogP contribution is 2.45. The van der Waals surface area contributed by atoms with Crippen LogP contribution in [0.4, 0.5) is 5.82 Å². The first-order chi connectivity index (χ1) is 24.3. The summed E-state index contributed by atoms with van der Waals surface area (Å²) < 4.78 is 12.7. The maximum Gasteiger partial charge on any atom is 0.336 e. The average molecular weight is 792 g/mol. The standard InChI is InChI=1S/C39H38BrCl2N5O4/c1-20-18-24(19-21(2)34(20)42)51-17-8-11-25-26-13-14-28(41)32(30-22(3)43-45(6)23(30)4)35(26)46-15-9-16-47(38(48)36(25)46)37-33(40)31-27(39(49)50)10-7-12-29(31)44(37)5/h7,10,12-14,18-19H,8-9,11,15-17H2,1-6H3,(H,49,50). The number of benzene rings is 3. The maximum absolute atomic E-state index is 15.1. The van der Waals surface area contributed by atoms with Crippen molar-refractivity contribution >= 4 is 78.6 Å². The van der Waals surface area contributed by atoms with E-state index in [2.05, 4.69) is 20.5 Å². The minimum absolute atomic E-state index is 0.159. The lowest BCUT2D eigenvalue weighted by atomic mass is 9.98. The number of halogens is 3. The largest absolute Gasteiger partial charge is 0.494 e. The van der Waals surface area contributed by atoms with E-state index in [0.717, 1.165) is 66.4 Å². The Kier molecular flexibility index (Phi) is 9.23. The summed E-state index contributed by atoms with van der Waals surface area (Å²) in [5.41, 5.74) is 8.91. The molecule has 1 N–H and O–H groups in total. The molecule has 0 bridgehead atoms. The third-order valence-corrected chi connectivity index (χ3v) is 11.8. The van der Waals surface area contributed by atoms with Crippen LogP contribution in [0.15, 0.2) is 46.9 Å². The summed E-state index contributed by atoms with van der Waals surface area (Å²) >= 11 is 17.2. The van der Waals surface area contributed by atoms with Gasteiger partial charge in [0.15, 0.2) is 0 Å². The van der Waals surface area contributed by atoms with Crippen LogP contribution in [0, 0.1) is 27.7 Å². The van der Waals surface area contributed by atoms with Crippen molar-refractivity contribution in [3.8, 4) is 16.9 Å². The average Bonchev–Trinajstić information content (AvgIpc) is 3.58. The number of carboxylic acids is 1. The molecule has 0 atom stereocenters. The van der Waals surface area contributed by atoms with E-state index in [0.29, 0.717) is 65.4 Å². The zero-order valence-electron chi connectivity index (χ0n) is 29.3. The lowest BCUT2D eigenvalue weighted by molar-refractivity contribution is 0.0698. The number of amides is 1. The Hall–Kier alpha value is -4.25. The van der Waals surface area contributed by atoms with Gasteiger partial charge in [-0.2, -0.15) is 5.10 Å². The predicted octanol–water partition coefficient (Wildman–Crippen LogP) is 9.60. The van der Waals surface area contributed by atoms with Crippen molar-refractivity contribution in [3.63, 3.8) is 0 Å². The number of carbonyl (C=O) groups excluding carboxylic acids is 1. The molecule has 3 aromatic heterocycles. The molecule has 9 nitrogen and oxygen atoms in total. The summed E-state index contributed by atoms with van der Waals surface area (Å²) in [5, 5.41) is 17.6. The molecule has 1 amide bonds. The summed E-state index contributed by atoms with van der Waals surface area (Å²) in [6.07, 6.45) is 1.90. The van der Waals surface area contributed by atoms with E-state index in [1.165, 1.54) is 0 Å². The summed E-state index contributed by atoms with van der Waals surface area (Å²) in [5.74, 6) is 0.186. The molecule has 0 saturated carbocycles. The fourth-order valence-corrected chi connectivity index (χ4v) is 8.99. The molecule has 1 aliphatic rings. The molecule has 3 aromatic carbocycles. The number of carbonyl (C=O) groups is 2. The van der Waals surface area contributed by atoms with Gasteiger partial charge in [0.2, 0.25) is 0 Å². The van der Waals surface area contributed by atoms with Gasteiger partial charge >= 0.3 is 5.97 Å². The fourth-order valence-electron chi connectivity index (χ4n) is 7.74. The Morgan fingerprint density at radius 3 is 2.41 bits per heavy atom. The molecule has 0 unspecified atom stereocenters. The van der Waals surface area contributed by atoms with E-state index in [4.69, 9.17) is 33.0 Å². The van der Waals surface area contributed by atoms with E-state index >= 15 is 4.79 Å². The van der Waals surface area contributed by atoms with Crippen molar-refractivity contribution in [2.75, 3.05) is 18.1 Å². The number of aromatic carboxylic acids is 1. The highest BCUT2D eigenvalue weighted by Gasteiger charge is 2.35. The quantitative estimate of drug-likeness (QED) is 0.155.